The fourth-order valence-corrected chi connectivity index (χ4v) is 10.2. The van der Waals surface area contributed by atoms with Gasteiger partial charge < -0.3 is 9.53 Å². The molecule has 0 radical (unpaired) electrons. The minimum Gasteiger partial charge on any atom is -0.413 e. The molecule has 3 heteroatoms. The van der Waals surface area contributed by atoms with Crippen molar-refractivity contribution in [1.82, 2.24) is 0 Å². The lowest BCUT2D eigenvalue weighted by atomic mass is 9.92. The smallest absolute Gasteiger partial charge is 0.200 e. The highest BCUT2D eigenvalue weighted by molar-refractivity contribution is 6.77. The van der Waals surface area contributed by atoms with Gasteiger partial charge in [0.2, 0.25) is 8.32 Å². The highest BCUT2D eigenvalue weighted by Crippen LogP contribution is 2.44. The third kappa shape index (κ3) is 6.87. The van der Waals surface area contributed by atoms with Crippen molar-refractivity contribution in [3.63, 3.8) is 0 Å². The monoisotopic (exact) mass is 344 g/mol. The van der Waals surface area contributed by atoms with E-state index in [4.69, 9.17) is 4.43 Å². The molecule has 0 saturated heterocycles. The van der Waals surface area contributed by atoms with Gasteiger partial charge >= 0.3 is 0 Å². The van der Waals surface area contributed by atoms with E-state index in [0.717, 1.165) is 12.8 Å². The summed E-state index contributed by atoms with van der Waals surface area (Å²) in [7, 11) is -1.79. The molecule has 0 rings (SSSR count). The summed E-state index contributed by atoms with van der Waals surface area (Å²) in [5.74, 6) is 1.02. The van der Waals surface area contributed by atoms with E-state index in [1.807, 2.05) is 0 Å². The Hall–Kier alpha value is 0.137. The van der Waals surface area contributed by atoms with Crippen LogP contribution in [0.2, 0.25) is 16.6 Å². The average Bonchev–Trinajstić information content (AvgIpc) is 2.43. The number of hydrogen-bond donors (Lipinski definition) is 1. The van der Waals surface area contributed by atoms with Gasteiger partial charge in [-0.15, -0.1) is 0 Å². The van der Waals surface area contributed by atoms with Crippen LogP contribution in [0.3, 0.4) is 0 Å². The fourth-order valence-electron chi connectivity index (χ4n) is 4.55. The Labute approximate surface area is 147 Å². The maximum Gasteiger partial charge on any atom is 0.200 e. The molecule has 140 valence electrons. The predicted molar refractivity (Wildman–Crippen MR) is 105 cm³/mol. The Balaban J connectivity index is 5.13. The van der Waals surface area contributed by atoms with Crippen LogP contribution in [0.5, 0.6) is 0 Å². The number of rotatable bonds is 12. The summed E-state index contributed by atoms with van der Waals surface area (Å²) in [4.78, 5) is 0. The molecule has 0 bridgehead atoms. The lowest BCUT2D eigenvalue weighted by Gasteiger charge is -2.45. The van der Waals surface area contributed by atoms with Crippen LogP contribution in [0.25, 0.3) is 0 Å². The molecule has 0 fully saturated rings. The summed E-state index contributed by atoms with van der Waals surface area (Å²) in [6, 6.07) is 0. The lowest BCUT2D eigenvalue weighted by Crippen LogP contribution is -2.50. The van der Waals surface area contributed by atoms with Crippen LogP contribution in [-0.2, 0) is 4.43 Å². The van der Waals surface area contributed by atoms with E-state index in [-0.39, 0.29) is 0 Å². The van der Waals surface area contributed by atoms with E-state index in [0.29, 0.717) is 41.2 Å². The van der Waals surface area contributed by atoms with Crippen LogP contribution in [0.1, 0.15) is 88.0 Å². The summed E-state index contributed by atoms with van der Waals surface area (Å²) in [6.45, 7) is 21.2. The first-order valence-corrected chi connectivity index (χ1v) is 12.0. The van der Waals surface area contributed by atoms with Gasteiger partial charge in [0, 0.05) is 12.7 Å². The second-order valence-electron chi connectivity index (χ2n) is 8.71. The first kappa shape index (κ1) is 23.1. The van der Waals surface area contributed by atoms with Gasteiger partial charge in [-0.25, -0.2) is 0 Å². The molecular weight excluding hydrogens is 300 g/mol. The van der Waals surface area contributed by atoms with Gasteiger partial charge in [0.05, 0.1) is 0 Å². The second kappa shape index (κ2) is 10.9. The zero-order chi connectivity index (χ0) is 18.2. The molecule has 0 aliphatic carbocycles. The quantitative estimate of drug-likeness (QED) is 0.415. The molecule has 0 amide bonds. The standard InChI is InChI=1S/C20H44O2Si/c1-10-11-20(13-18(8)12-19(9)14-21)22-23(15(2)3,16(4)5)17(6)7/h15-21H,10-14H2,1-9H3/t18-,19+,20-/m0/s1. The number of aliphatic hydroxyl groups excluding tert-OH is 1. The van der Waals surface area contributed by atoms with Gasteiger partial charge in [-0.1, -0.05) is 68.7 Å². The van der Waals surface area contributed by atoms with E-state index in [1.54, 1.807) is 0 Å². The summed E-state index contributed by atoms with van der Waals surface area (Å²) in [6.07, 6.45) is 4.98. The molecule has 0 aromatic carbocycles. The van der Waals surface area contributed by atoms with E-state index in [9.17, 15) is 5.11 Å². The Morgan fingerprint density at radius 2 is 1.26 bits per heavy atom. The van der Waals surface area contributed by atoms with Crippen molar-refractivity contribution < 1.29 is 9.53 Å². The van der Waals surface area contributed by atoms with Crippen molar-refractivity contribution in [3.8, 4) is 0 Å². The molecule has 0 saturated carbocycles. The highest BCUT2D eigenvalue weighted by atomic mass is 28.4. The molecule has 0 heterocycles. The molecule has 0 aliphatic heterocycles. The van der Waals surface area contributed by atoms with E-state index in [2.05, 4.69) is 62.3 Å². The molecule has 0 spiro atoms. The van der Waals surface area contributed by atoms with Crippen LogP contribution in [0.15, 0.2) is 0 Å². The van der Waals surface area contributed by atoms with Gasteiger partial charge in [0.15, 0.2) is 0 Å². The van der Waals surface area contributed by atoms with Crippen LogP contribution < -0.4 is 0 Å². The predicted octanol–water partition coefficient (Wildman–Crippen LogP) is 6.39. The molecule has 0 aromatic heterocycles. The van der Waals surface area contributed by atoms with Crippen LogP contribution in [0, 0.1) is 11.8 Å². The molecule has 23 heavy (non-hydrogen) atoms. The molecule has 0 aromatic rings. The van der Waals surface area contributed by atoms with Crippen molar-refractivity contribution >= 4 is 8.32 Å². The van der Waals surface area contributed by atoms with Gasteiger partial charge in [-0.05, 0) is 47.7 Å². The minimum atomic E-state index is -1.79. The van der Waals surface area contributed by atoms with E-state index >= 15 is 0 Å². The van der Waals surface area contributed by atoms with Gasteiger partial charge in [0.1, 0.15) is 0 Å². The van der Waals surface area contributed by atoms with Gasteiger partial charge in [-0.2, -0.15) is 0 Å². The maximum absolute atomic E-state index is 9.30. The Morgan fingerprint density at radius 3 is 1.61 bits per heavy atom. The third-order valence-electron chi connectivity index (χ3n) is 5.47. The molecule has 1 N–H and O–H groups in total. The molecule has 2 nitrogen and oxygen atoms in total. The molecule has 0 aliphatic rings. The second-order valence-corrected chi connectivity index (χ2v) is 14.1. The third-order valence-corrected chi connectivity index (χ3v) is 11.6. The fraction of sp³-hybridized carbons (Fsp3) is 1.00. The first-order valence-electron chi connectivity index (χ1n) is 9.90. The summed E-state index contributed by atoms with van der Waals surface area (Å²) < 4.78 is 7.03. The Morgan fingerprint density at radius 1 is 0.783 bits per heavy atom. The SMILES string of the molecule is CCC[C@@H](C[C@@H](C)C[C@@H](C)CO)O[Si](C(C)C)(C(C)C)C(C)C. The topological polar surface area (TPSA) is 29.5 Å². The van der Waals surface area contributed by atoms with Gasteiger partial charge in [-0.3, -0.25) is 0 Å². The molecule has 0 unspecified atom stereocenters. The average molecular weight is 345 g/mol. The van der Waals surface area contributed by atoms with Crippen molar-refractivity contribution in [3.05, 3.63) is 0 Å². The number of aliphatic hydroxyl groups is 1. The summed E-state index contributed by atoms with van der Waals surface area (Å²) in [5, 5.41) is 9.30. The zero-order valence-electron chi connectivity index (χ0n) is 17.4. The largest absolute Gasteiger partial charge is 0.413 e. The Kier molecular flexibility index (Phi) is 11.0. The Bertz CT molecular complexity index is 280. The minimum absolute atomic E-state index is 0.298. The van der Waals surface area contributed by atoms with Crippen LogP contribution in [-0.4, -0.2) is 26.1 Å². The van der Waals surface area contributed by atoms with Crippen LogP contribution >= 0.6 is 0 Å². The van der Waals surface area contributed by atoms with Crippen molar-refractivity contribution in [2.24, 2.45) is 11.8 Å². The maximum atomic E-state index is 9.30. The van der Waals surface area contributed by atoms with Crippen LogP contribution in [0.4, 0.5) is 0 Å². The zero-order valence-corrected chi connectivity index (χ0v) is 18.4. The van der Waals surface area contributed by atoms with Gasteiger partial charge in [0.25, 0.3) is 0 Å². The first-order chi connectivity index (χ1) is 10.6. The highest BCUT2D eigenvalue weighted by Gasteiger charge is 2.46. The normalized spacial score (nSPS) is 17.1. The van der Waals surface area contributed by atoms with E-state index in [1.165, 1.54) is 12.8 Å². The summed E-state index contributed by atoms with van der Waals surface area (Å²) >= 11 is 0. The lowest BCUT2D eigenvalue weighted by molar-refractivity contribution is 0.125. The summed E-state index contributed by atoms with van der Waals surface area (Å²) in [5.41, 5.74) is 1.94. The molecule has 3 atom stereocenters. The molecular formula is C20H44O2Si. The number of hydrogen-bond acceptors (Lipinski definition) is 2. The van der Waals surface area contributed by atoms with Crippen molar-refractivity contribution in [2.45, 2.75) is 111 Å². The van der Waals surface area contributed by atoms with Crippen molar-refractivity contribution in [1.29, 1.82) is 0 Å². The van der Waals surface area contributed by atoms with E-state index < -0.39 is 8.32 Å². The van der Waals surface area contributed by atoms with Crippen molar-refractivity contribution in [2.75, 3.05) is 6.61 Å².